The molecule has 1 aromatic heterocycles. The van der Waals surface area contributed by atoms with E-state index in [1.807, 2.05) is 10.9 Å². The molecular weight excluding hydrogens is 177 g/mol. The molecule has 0 N–H and O–H groups in total. The molecule has 0 unspecified atom stereocenters. The Bertz CT molecular complexity index is 210. The van der Waals surface area contributed by atoms with Crippen molar-refractivity contribution in [3.63, 3.8) is 0 Å². The van der Waals surface area contributed by atoms with Gasteiger partial charge in [0.1, 0.15) is 0 Å². The average Bonchev–Trinajstić information content (AvgIpc) is 2.37. The number of unbranched alkanes of at least 4 members (excludes halogenated alkanes) is 2. The molecule has 0 atom stereocenters. The molecule has 0 saturated carbocycles. The van der Waals surface area contributed by atoms with Gasteiger partial charge in [-0.1, -0.05) is 36.9 Å². The molecule has 3 nitrogen and oxygen atoms in total. The van der Waals surface area contributed by atoms with Gasteiger partial charge in [-0.25, -0.2) is 6.92 Å². The van der Waals surface area contributed by atoms with Gasteiger partial charge in [0.15, 0.2) is 0 Å². The molecule has 0 aliphatic carbocycles. The molecule has 1 aromatic rings. The van der Waals surface area contributed by atoms with E-state index in [0.29, 0.717) is 0 Å². The van der Waals surface area contributed by atoms with E-state index >= 15 is 0 Å². The van der Waals surface area contributed by atoms with Crippen LogP contribution in [0.15, 0.2) is 6.20 Å². The summed E-state index contributed by atoms with van der Waals surface area (Å²) in [6.07, 6.45) is 5.55. The molecule has 0 aliphatic rings. The first-order valence-corrected chi connectivity index (χ1v) is 4.05. The molecule has 1 rings (SSSR count). The maximum atomic E-state index is 3.89. The summed E-state index contributed by atoms with van der Waals surface area (Å²) in [6, 6.07) is 0. The first-order valence-electron chi connectivity index (χ1n) is 4.05. The van der Waals surface area contributed by atoms with Crippen molar-refractivity contribution in [2.75, 3.05) is 0 Å². The monoisotopic (exact) mass is 191 g/mol. The van der Waals surface area contributed by atoms with Crippen LogP contribution in [0.2, 0.25) is 0 Å². The molecule has 1 heterocycles. The van der Waals surface area contributed by atoms with Crippen LogP contribution in [-0.2, 0) is 6.54 Å². The SMILES string of the molecule is [CH2-]c1cn(CCCCC)nn1.[K+]. The van der Waals surface area contributed by atoms with E-state index in [9.17, 15) is 0 Å². The normalized spacial score (nSPS) is 9.42. The molecule has 4 heteroatoms. The van der Waals surface area contributed by atoms with Crippen molar-refractivity contribution >= 4 is 0 Å². The second kappa shape index (κ2) is 7.09. The molecule has 62 valence electrons. The second-order valence-electron chi connectivity index (χ2n) is 2.68. The van der Waals surface area contributed by atoms with E-state index in [1.54, 1.807) is 0 Å². The first-order chi connectivity index (χ1) is 5.33. The van der Waals surface area contributed by atoms with Crippen molar-refractivity contribution < 1.29 is 51.4 Å². The van der Waals surface area contributed by atoms with Crippen molar-refractivity contribution in [3.8, 4) is 0 Å². The number of rotatable bonds is 4. The Labute approximate surface area is 116 Å². The zero-order chi connectivity index (χ0) is 8.10. The Morgan fingerprint density at radius 3 is 2.75 bits per heavy atom. The molecule has 0 saturated heterocycles. The van der Waals surface area contributed by atoms with E-state index in [-0.39, 0.29) is 51.4 Å². The number of hydrogen-bond donors (Lipinski definition) is 0. The quantitative estimate of drug-likeness (QED) is 0.335. The van der Waals surface area contributed by atoms with E-state index in [2.05, 4.69) is 24.2 Å². The zero-order valence-corrected chi connectivity index (χ0v) is 11.1. The van der Waals surface area contributed by atoms with Gasteiger partial charge in [0.2, 0.25) is 0 Å². The molecule has 0 aromatic carbocycles. The molecule has 0 spiro atoms. The van der Waals surface area contributed by atoms with Crippen molar-refractivity contribution in [2.24, 2.45) is 0 Å². The van der Waals surface area contributed by atoms with Crippen LogP contribution in [0.1, 0.15) is 31.9 Å². The standard InChI is InChI=1S/C8H14N3.K/c1-3-4-5-6-11-7-8(2)9-10-11;/h7H,2-6H2,1H3;/q-1;+1. The van der Waals surface area contributed by atoms with E-state index < -0.39 is 0 Å². The summed E-state index contributed by atoms with van der Waals surface area (Å²) in [5.41, 5.74) is 0.751. The predicted octanol–water partition coefficient (Wildman–Crippen LogP) is -1.35. The van der Waals surface area contributed by atoms with Crippen molar-refractivity contribution in [1.29, 1.82) is 0 Å². The smallest absolute Gasteiger partial charge is 0.330 e. The third kappa shape index (κ3) is 4.62. The minimum atomic E-state index is 0. The maximum absolute atomic E-state index is 3.89. The summed E-state index contributed by atoms with van der Waals surface area (Å²) in [6.45, 7) is 6.83. The Kier molecular flexibility index (Phi) is 7.47. The number of aromatic nitrogens is 3. The fourth-order valence-corrected chi connectivity index (χ4v) is 0.972. The van der Waals surface area contributed by atoms with Gasteiger partial charge in [-0.2, -0.15) is 5.10 Å². The Morgan fingerprint density at radius 2 is 2.25 bits per heavy atom. The van der Waals surface area contributed by atoms with Gasteiger partial charge in [-0.05, 0) is 6.42 Å². The molecule has 0 fully saturated rings. The van der Waals surface area contributed by atoms with Crippen LogP contribution < -0.4 is 51.4 Å². The van der Waals surface area contributed by atoms with Gasteiger partial charge in [-0.15, -0.1) is 0 Å². The van der Waals surface area contributed by atoms with Crippen LogP contribution in [0.5, 0.6) is 0 Å². The van der Waals surface area contributed by atoms with Crippen LogP contribution in [0.4, 0.5) is 0 Å². The Morgan fingerprint density at radius 1 is 1.50 bits per heavy atom. The molecule has 0 amide bonds. The van der Waals surface area contributed by atoms with E-state index in [1.165, 1.54) is 19.3 Å². The number of aryl methyl sites for hydroxylation is 1. The van der Waals surface area contributed by atoms with Gasteiger partial charge in [0.05, 0.1) is 0 Å². The third-order valence-corrected chi connectivity index (χ3v) is 1.58. The van der Waals surface area contributed by atoms with Gasteiger partial charge in [0.25, 0.3) is 0 Å². The topological polar surface area (TPSA) is 30.7 Å². The Balaban J connectivity index is 0.00000121. The van der Waals surface area contributed by atoms with Crippen molar-refractivity contribution in [1.82, 2.24) is 15.0 Å². The molecular formula is C8H14KN3. The van der Waals surface area contributed by atoms with Gasteiger partial charge in [0, 0.05) is 6.54 Å². The second-order valence-corrected chi connectivity index (χ2v) is 2.68. The maximum Gasteiger partial charge on any atom is 1.00 e. The summed E-state index contributed by atoms with van der Waals surface area (Å²) >= 11 is 0. The fraction of sp³-hybridized carbons (Fsp3) is 0.625. The van der Waals surface area contributed by atoms with Crippen LogP contribution in [0.25, 0.3) is 0 Å². The first kappa shape index (κ1) is 12.6. The molecule has 0 bridgehead atoms. The minimum Gasteiger partial charge on any atom is -0.330 e. The average molecular weight is 191 g/mol. The van der Waals surface area contributed by atoms with E-state index in [4.69, 9.17) is 0 Å². The van der Waals surface area contributed by atoms with Crippen molar-refractivity contribution in [3.05, 3.63) is 18.8 Å². The van der Waals surface area contributed by atoms with Crippen LogP contribution in [-0.4, -0.2) is 15.0 Å². The van der Waals surface area contributed by atoms with Crippen LogP contribution in [0, 0.1) is 6.92 Å². The third-order valence-electron chi connectivity index (χ3n) is 1.58. The summed E-state index contributed by atoms with van der Waals surface area (Å²) in [7, 11) is 0. The molecule has 12 heavy (non-hydrogen) atoms. The van der Waals surface area contributed by atoms with E-state index in [0.717, 1.165) is 12.2 Å². The Hall–Kier alpha value is 0.646. The van der Waals surface area contributed by atoms with Gasteiger partial charge in [-0.3, -0.25) is 0 Å². The summed E-state index contributed by atoms with van der Waals surface area (Å²) in [5.74, 6) is 0. The zero-order valence-electron chi connectivity index (χ0n) is 7.95. The minimum absolute atomic E-state index is 0. The largest absolute Gasteiger partial charge is 1.00 e. The number of nitrogens with zero attached hydrogens (tertiary/aromatic N) is 3. The van der Waals surface area contributed by atoms with Crippen molar-refractivity contribution in [2.45, 2.75) is 32.7 Å². The predicted molar refractivity (Wildman–Crippen MR) is 44.0 cm³/mol. The summed E-state index contributed by atoms with van der Waals surface area (Å²) < 4.78 is 1.85. The summed E-state index contributed by atoms with van der Waals surface area (Å²) in [5, 5.41) is 7.69. The van der Waals surface area contributed by atoms with Crippen LogP contribution in [0.3, 0.4) is 0 Å². The number of hydrogen-bond acceptors (Lipinski definition) is 2. The van der Waals surface area contributed by atoms with Gasteiger partial charge >= 0.3 is 51.4 Å². The fourth-order valence-electron chi connectivity index (χ4n) is 0.972. The van der Waals surface area contributed by atoms with Crippen LogP contribution >= 0.6 is 0 Å². The van der Waals surface area contributed by atoms with Gasteiger partial charge < -0.3 is 4.68 Å². The molecule has 0 aliphatic heterocycles. The summed E-state index contributed by atoms with van der Waals surface area (Å²) in [4.78, 5) is 0. The molecule has 0 radical (unpaired) electrons.